The van der Waals surface area contributed by atoms with Gasteiger partial charge in [0, 0.05) is 6.04 Å². The van der Waals surface area contributed by atoms with E-state index in [4.69, 9.17) is 9.84 Å². The Morgan fingerprint density at radius 2 is 1.61 bits per heavy atom. The molecule has 1 aromatic rings. The van der Waals surface area contributed by atoms with E-state index in [2.05, 4.69) is 29.6 Å². The summed E-state index contributed by atoms with van der Waals surface area (Å²) in [5, 5.41) is 12.0. The minimum absolute atomic E-state index is 0.156. The first kappa shape index (κ1) is 16.0. The van der Waals surface area contributed by atoms with Gasteiger partial charge in [0.25, 0.3) is 0 Å². The Morgan fingerprint density at radius 1 is 0.957 bits per heavy atom. The average Bonchev–Trinajstić information content (AvgIpc) is 3.07. The van der Waals surface area contributed by atoms with E-state index < -0.39 is 18.2 Å². The molecule has 3 rings (SSSR count). The topological polar surface area (TPSA) is 75.6 Å². The summed E-state index contributed by atoms with van der Waals surface area (Å²) >= 11 is 0. The molecule has 23 heavy (non-hydrogen) atoms. The molecule has 0 unspecified atom stereocenters. The summed E-state index contributed by atoms with van der Waals surface area (Å²) in [4.78, 5) is 23.1. The highest BCUT2D eigenvalue weighted by Crippen LogP contribution is 2.33. The zero-order valence-electron chi connectivity index (χ0n) is 13.1. The Bertz CT molecular complexity index is 551. The number of amides is 1. The smallest absolute Gasteiger partial charge is 0.332 e. The summed E-state index contributed by atoms with van der Waals surface area (Å²) in [6.45, 7) is 0. The van der Waals surface area contributed by atoms with Gasteiger partial charge in [-0.05, 0) is 50.0 Å². The van der Waals surface area contributed by atoms with Crippen LogP contribution in [0.15, 0.2) is 30.3 Å². The fraction of sp³-hybridized carbons (Fsp3) is 0.556. The molecule has 124 valence electrons. The van der Waals surface area contributed by atoms with Crippen LogP contribution in [0.2, 0.25) is 0 Å². The number of hydrogen-bond acceptors (Lipinski definition) is 3. The van der Waals surface area contributed by atoms with Crippen molar-refractivity contribution in [3.63, 3.8) is 0 Å². The SMILES string of the molecule is O=C(NC1CCC(c2ccccc2)CC1)[C@@H]1CC[C@H](C(=O)O)O1. The average molecular weight is 317 g/mol. The predicted molar refractivity (Wildman–Crippen MR) is 85.1 cm³/mol. The molecule has 2 N–H and O–H groups in total. The van der Waals surface area contributed by atoms with Gasteiger partial charge in [-0.25, -0.2) is 4.79 Å². The van der Waals surface area contributed by atoms with Crippen LogP contribution in [-0.2, 0) is 14.3 Å². The van der Waals surface area contributed by atoms with Crippen LogP contribution in [0.5, 0.6) is 0 Å². The maximum atomic E-state index is 12.2. The normalized spacial score (nSPS) is 30.8. The zero-order valence-corrected chi connectivity index (χ0v) is 13.1. The molecule has 2 atom stereocenters. The molecule has 1 amide bonds. The molecule has 1 heterocycles. The number of aliphatic carboxylic acids is 1. The first-order chi connectivity index (χ1) is 11.1. The predicted octanol–water partition coefficient (Wildman–Crippen LogP) is 2.46. The van der Waals surface area contributed by atoms with E-state index in [1.165, 1.54) is 5.56 Å². The van der Waals surface area contributed by atoms with Crippen molar-refractivity contribution >= 4 is 11.9 Å². The van der Waals surface area contributed by atoms with Crippen molar-refractivity contribution < 1.29 is 19.4 Å². The van der Waals surface area contributed by atoms with E-state index in [-0.39, 0.29) is 11.9 Å². The van der Waals surface area contributed by atoms with E-state index >= 15 is 0 Å². The fourth-order valence-corrected chi connectivity index (χ4v) is 3.60. The maximum Gasteiger partial charge on any atom is 0.332 e. The monoisotopic (exact) mass is 317 g/mol. The minimum atomic E-state index is -0.983. The minimum Gasteiger partial charge on any atom is -0.479 e. The first-order valence-electron chi connectivity index (χ1n) is 8.37. The Kier molecular flexibility index (Phi) is 4.96. The van der Waals surface area contributed by atoms with Gasteiger partial charge in [0.2, 0.25) is 5.91 Å². The Balaban J connectivity index is 1.46. The Morgan fingerprint density at radius 3 is 2.22 bits per heavy atom. The van der Waals surface area contributed by atoms with Gasteiger partial charge >= 0.3 is 5.97 Å². The van der Waals surface area contributed by atoms with E-state index in [0.29, 0.717) is 18.8 Å². The third-order valence-electron chi connectivity index (χ3n) is 4.93. The van der Waals surface area contributed by atoms with E-state index in [1.54, 1.807) is 0 Å². The number of carboxylic acid groups (broad SMARTS) is 1. The third-order valence-corrected chi connectivity index (χ3v) is 4.93. The molecule has 0 aromatic heterocycles. The van der Waals surface area contributed by atoms with Crippen molar-refractivity contribution in [2.45, 2.75) is 62.7 Å². The van der Waals surface area contributed by atoms with Gasteiger partial charge < -0.3 is 15.2 Å². The quantitative estimate of drug-likeness (QED) is 0.894. The molecular weight excluding hydrogens is 294 g/mol. The van der Waals surface area contributed by atoms with Crippen LogP contribution in [0.4, 0.5) is 0 Å². The van der Waals surface area contributed by atoms with E-state index in [1.807, 2.05) is 6.07 Å². The van der Waals surface area contributed by atoms with E-state index in [0.717, 1.165) is 25.7 Å². The van der Waals surface area contributed by atoms with Crippen LogP contribution in [0, 0.1) is 0 Å². The summed E-state index contributed by atoms with van der Waals surface area (Å²) in [6, 6.07) is 10.7. The molecule has 2 aliphatic rings. The van der Waals surface area contributed by atoms with Gasteiger partial charge in [-0.3, -0.25) is 4.79 Å². The summed E-state index contributed by atoms with van der Waals surface area (Å²) in [6.07, 6.45) is 3.51. The summed E-state index contributed by atoms with van der Waals surface area (Å²) in [5.41, 5.74) is 1.38. The largest absolute Gasteiger partial charge is 0.479 e. The molecule has 1 aromatic carbocycles. The number of benzene rings is 1. The van der Waals surface area contributed by atoms with Crippen molar-refractivity contribution in [3.05, 3.63) is 35.9 Å². The molecular formula is C18H23NO4. The van der Waals surface area contributed by atoms with Crippen LogP contribution in [0.25, 0.3) is 0 Å². The van der Waals surface area contributed by atoms with Crippen LogP contribution in [0.3, 0.4) is 0 Å². The highest BCUT2D eigenvalue weighted by Gasteiger charge is 2.35. The summed E-state index contributed by atoms with van der Waals surface area (Å²) in [5.74, 6) is -0.566. The number of carbonyl (C=O) groups is 2. The second-order valence-electron chi connectivity index (χ2n) is 6.50. The molecule has 1 aliphatic heterocycles. The summed E-state index contributed by atoms with van der Waals surface area (Å²) < 4.78 is 5.31. The number of rotatable bonds is 4. The molecule has 1 aliphatic carbocycles. The molecule has 1 saturated heterocycles. The molecule has 1 saturated carbocycles. The second kappa shape index (κ2) is 7.13. The van der Waals surface area contributed by atoms with Crippen LogP contribution in [-0.4, -0.2) is 35.2 Å². The molecule has 0 spiro atoms. The second-order valence-corrected chi connectivity index (χ2v) is 6.50. The van der Waals surface area contributed by atoms with Gasteiger partial charge in [-0.2, -0.15) is 0 Å². The number of ether oxygens (including phenoxy) is 1. The van der Waals surface area contributed by atoms with Crippen LogP contribution < -0.4 is 5.32 Å². The van der Waals surface area contributed by atoms with Gasteiger partial charge in [-0.1, -0.05) is 30.3 Å². The fourth-order valence-electron chi connectivity index (χ4n) is 3.60. The van der Waals surface area contributed by atoms with E-state index in [9.17, 15) is 9.59 Å². The van der Waals surface area contributed by atoms with Crippen molar-refractivity contribution in [3.8, 4) is 0 Å². The van der Waals surface area contributed by atoms with Gasteiger partial charge in [0.05, 0.1) is 0 Å². The van der Waals surface area contributed by atoms with Crippen molar-refractivity contribution in [2.24, 2.45) is 0 Å². The molecule has 5 heteroatoms. The van der Waals surface area contributed by atoms with Crippen LogP contribution >= 0.6 is 0 Å². The number of hydrogen-bond donors (Lipinski definition) is 2. The number of nitrogens with one attached hydrogen (secondary N) is 1. The highest BCUT2D eigenvalue weighted by atomic mass is 16.5. The highest BCUT2D eigenvalue weighted by molar-refractivity contribution is 5.82. The lowest BCUT2D eigenvalue weighted by atomic mass is 9.82. The molecule has 0 radical (unpaired) electrons. The van der Waals surface area contributed by atoms with Crippen molar-refractivity contribution in [2.75, 3.05) is 0 Å². The maximum absolute atomic E-state index is 12.2. The zero-order chi connectivity index (χ0) is 16.2. The van der Waals surface area contributed by atoms with Gasteiger partial charge in [0.1, 0.15) is 6.10 Å². The molecule has 5 nitrogen and oxygen atoms in total. The first-order valence-corrected chi connectivity index (χ1v) is 8.37. The van der Waals surface area contributed by atoms with Crippen molar-refractivity contribution in [1.29, 1.82) is 0 Å². The number of carbonyl (C=O) groups excluding carboxylic acids is 1. The Labute approximate surface area is 136 Å². The lowest BCUT2D eigenvalue weighted by Gasteiger charge is -2.30. The third kappa shape index (κ3) is 3.91. The molecule has 0 bridgehead atoms. The van der Waals surface area contributed by atoms with Crippen LogP contribution in [0.1, 0.15) is 50.0 Å². The summed E-state index contributed by atoms with van der Waals surface area (Å²) in [7, 11) is 0. The van der Waals surface area contributed by atoms with Gasteiger partial charge in [-0.15, -0.1) is 0 Å². The lowest BCUT2D eigenvalue weighted by molar-refractivity contribution is -0.152. The standard InChI is InChI=1S/C18H23NO4/c20-17(15-10-11-16(23-15)18(21)22)19-14-8-6-13(7-9-14)12-4-2-1-3-5-12/h1-5,13-16H,6-11H2,(H,19,20)(H,21,22)/t13?,14?,15-,16+/m0/s1. The van der Waals surface area contributed by atoms with Crippen molar-refractivity contribution in [1.82, 2.24) is 5.32 Å². The lowest BCUT2D eigenvalue weighted by Crippen LogP contribution is -2.43. The Hall–Kier alpha value is -1.88. The van der Waals surface area contributed by atoms with Gasteiger partial charge in [0.15, 0.2) is 6.10 Å². The number of carboxylic acids is 1. The molecule has 2 fully saturated rings.